The van der Waals surface area contributed by atoms with Gasteiger partial charge in [0.25, 0.3) is 0 Å². The predicted molar refractivity (Wildman–Crippen MR) is 120 cm³/mol. The molecule has 0 aliphatic heterocycles. The molecule has 0 fully saturated rings. The van der Waals surface area contributed by atoms with E-state index in [2.05, 4.69) is 53.7 Å². The molecule has 1 aromatic carbocycles. The summed E-state index contributed by atoms with van der Waals surface area (Å²) in [6.45, 7) is 17.4. The maximum atomic E-state index is 6.13. The molecular formula is C24H42O6. The molecule has 0 saturated carbocycles. The van der Waals surface area contributed by atoms with Crippen LogP contribution in [0.3, 0.4) is 0 Å². The third-order valence-electron chi connectivity index (χ3n) is 4.58. The van der Waals surface area contributed by atoms with Crippen LogP contribution in [0.2, 0.25) is 0 Å². The highest BCUT2D eigenvalue weighted by molar-refractivity contribution is 5.51. The van der Waals surface area contributed by atoms with Crippen molar-refractivity contribution in [2.24, 2.45) is 0 Å². The van der Waals surface area contributed by atoms with Gasteiger partial charge in [0.2, 0.25) is 0 Å². The van der Waals surface area contributed by atoms with E-state index in [-0.39, 0.29) is 10.8 Å². The second kappa shape index (κ2) is 13.2. The Bertz CT molecular complexity index is 601. The lowest BCUT2D eigenvalue weighted by Gasteiger charge is -2.28. The first-order valence-corrected chi connectivity index (χ1v) is 10.7. The van der Waals surface area contributed by atoms with Crippen molar-refractivity contribution in [1.82, 2.24) is 0 Å². The maximum absolute atomic E-state index is 6.13. The van der Waals surface area contributed by atoms with Crippen LogP contribution in [0.25, 0.3) is 0 Å². The molecule has 0 heterocycles. The minimum atomic E-state index is -0.0565. The third kappa shape index (κ3) is 9.65. The molecule has 0 spiro atoms. The second-order valence-corrected chi connectivity index (χ2v) is 9.23. The van der Waals surface area contributed by atoms with Crippen LogP contribution in [0, 0.1) is 0 Å². The van der Waals surface area contributed by atoms with Gasteiger partial charge < -0.3 is 28.4 Å². The first kappa shape index (κ1) is 26.7. The summed E-state index contributed by atoms with van der Waals surface area (Å²) in [4.78, 5) is 0. The lowest BCUT2D eigenvalue weighted by atomic mass is 9.81. The van der Waals surface area contributed by atoms with Gasteiger partial charge in [-0.05, 0) is 23.0 Å². The smallest absolute Gasteiger partial charge is 0.123 e. The topological polar surface area (TPSA) is 55.4 Å². The lowest BCUT2D eigenvalue weighted by Crippen LogP contribution is -2.19. The van der Waals surface area contributed by atoms with Gasteiger partial charge in [-0.1, -0.05) is 41.5 Å². The standard InChI is InChI=1S/C24H42O6/c1-23(2,3)19-18-22(20(24(4,5)6)17-21(19)26-8)30-16-15-29-14-13-28-12-11-27-10-9-25-7/h17-18H,9-16H2,1-8H3. The minimum absolute atomic E-state index is 0.0407. The quantitative estimate of drug-likeness (QED) is 0.412. The molecule has 0 aliphatic carbocycles. The molecule has 0 bridgehead atoms. The Labute approximate surface area is 183 Å². The molecule has 1 rings (SSSR count). The van der Waals surface area contributed by atoms with Crippen molar-refractivity contribution in [2.45, 2.75) is 52.4 Å². The fourth-order valence-electron chi connectivity index (χ4n) is 2.92. The SMILES string of the molecule is COCCOCCOCCOCCOc1cc(C(C)(C)C)c(OC)cc1C(C)(C)C. The monoisotopic (exact) mass is 426 g/mol. The Morgan fingerprint density at radius 2 is 0.967 bits per heavy atom. The molecule has 0 saturated heterocycles. The van der Waals surface area contributed by atoms with Crippen molar-refractivity contribution in [1.29, 1.82) is 0 Å². The molecule has 6 heteroatoms. The van der Waals surface area contributed by atoms with Crippen LogP contribution >= 0.6 is 0 Å². The lowest BCUT2D eigenvalue weighted by molar-refractivity contribution is 0.0000985. The van der Waals surface area contributed by atoms with Gasteiger partial charge in [0.15, 0.2) is 0 Å². The average Bonchev–Trinajstić information content (AvgIpc) is 2.66. The fourth-order valence-corrected chi connectivity index (χ4v) is 2.92. The highest BCUT2D eigenvalue weighted by atomic mass is 16.6. The van der Waals surface area contributed by atoms with Crippen molar-refractivity contribution in [3.8, 4) is 11.5 Å². The minimum Gasteiger partial charge on any atom is -0.496 e. The van der Waals surface area contributed by atoms with Crippen LogP contribution in [0.4, 0.5) is 0 Å². The van der Waals surface area contributed by atoms with E-state index in [0.717, 1.165) is 22.6 Å². The molecule has 0 atom stereocenters. The molecule has 0 aromatic heterocycles. The second-order valence-electron chi connectivity index (χ2n) is 9.23. The van der Waals surface area contributed by atoms with E-state index < -0.39 is 0 Å². The summed E-state index contributed by atoms with van der Waals surface area (Å²) < 4.78 is 33.2. The van der Waals surface area contributed by atoms with Gasteiger partial charge in [0.05, 0.1) is 53.4 Å². The Morgan fingerprint density at radius 1 is 0.567 bits per heavy atom. The largest absolute Gasteiger partial charge is 0.496 e. The average molecular weight is 427 g/mol. The van der Waals surface area contributed by atoms with Crippen LogP contribution in [-0.2, 0) is 29.8 Å². The summed E-state index contributed by atoms with van der Waals surface area (Å²) in [7, 11) is 3.38. The number of hydrogen-bond donors (Lipinski definition) is 0. The summed E-state index contributed by atoms with van der Waals surface area (Å²) in [5, 5.41) is 0. The maximum Gasteiger partial charge on any atom is 0.123 e. The van der Waals surface area contributed by atoms with Crippen LogP contribution < -0.4 is 9.47 Å². The van der Waals surface area contributed by atoms with E-state index in [1.54, 1.807) is 14.2 Å². The van der Waals surface area contributed by atoms with Crippen molar-refractivity contribution in [2.75, 3.05) is 67.1 Å². The number of ether oxygens (including phenoxy) is 6. The van der Waals surface area contributed by atoms with E-state index in [1.165, 1.54) is 0 Å². The van der Waals surface area contributed by atoms with Crippen LogP contribution in [-0.4, -0.2) is 67.1 Å². The molecule has 0 radical (unpaired) electrons. The van der Waals surface area contributed by atoms with Gasteiger partial charge in [0, 0.05) is 18.2 Å². The first-order valence-electron chi connectivity index (χ1n) is 10.7. The Hall–Kier alpha value is -1.34. The van der Waals surface area contributed by atoms with Gasteiger partial charge in [-0.15, -0.1) is 0 Å². The summed E-state index contributed by atoms with van der Waals surface area (Å²) in [5.41, 5.74) is 2.17. The molecule has 30 heavy (non-hydrogen) atoms. The molecule has 6 nitrogen and oxygen atoms in total. The van der Waals surface area contributed by atoms with E-state index in [1.807, 2.05) is 0 Å². The fraction of sp³-hybridized carbons (Fsp3) is 0.750. The summed E-state index contributed by atoms with van der Waals surface area (Å²) in [5.74, 6) is 1.79. The van der Waals surface area contributed by atoms with Crippen molar-refractivity contribution in [3.63, 3.8) is 0 Å². The highest BCUT2D eigenvalue weighted by Crippen LogP contribution is 2.41. The zero-order valence-corrected chi connectivity index (χ0v) is 20.3. The Balaban J connectivity index is 2.49. The third-order valence-corrected chi connectivity index (χ3v) is 4.58. The molecule has 0 N–H and O–H groups in total. The van der Waals surface area contributed by atoms with Crippen molar-refractivity contribution in [3.05, 3.63) is 23.3 Å². The molecule has 1 aromatic rings. The number of rotatable bonds is 14. The highest BCUT2D eigenvalue weighted by Gasteiger charge is 2.26. The Morgan fingerprint density at radius 3 is 1.40 bits per heavy atom. The van der Waals surface area contributed by atoms with E-state index in [9.17, 15) is 0 Å². The van der Waals surface area contributed by atoms with Gasteiger partial charge in [-0.25, -0.2) is 0 Å². The van der Waals surface area contributed by atoms with Crippen LogP contribution in [0.15, 0.2) is 12.1 Å². The normalized spacial score (nSPS) is 12.3. The first-order chi connectivity index (χ1) is 14.1. The molecular weight excluding hydrogens is 384 g/mol. The number of hydrogen-bond acceptors (Lipinski definition) is 6. The Kier molecular flexibility index (Phi) is 11.7. The van der Waals surface area contributed by atoms with Crippen molar-refractivity contribution < 1.29 is 28.4 Å². The molecule has 0 unspecified atom stereocenters. The van der Waals surface area contributed by atoms with E-state index in [0.29, 0.717) is 52.9 Å². The summed E-state index contributed by atoms with van der Waals surface area (Å²) >= 11 is 0. The molecule has 0 aliphatic rings. The zero-order valence-electron chi connectivity index (χ0n) is 20.3. The van der Waals surface area contributed by atoms with Gasteiger partial charge in [-0.3, -0.25) is 0 Å². The van der Waals surface area contributed by atoms with Crippen LogP contribution in [0.1, 0.15) is 52.7 Å². The zero-order chi connectivity index (χ0) is 22.6. The van der Waals surface area contributed by atoms with Gasteiger partial charge in [-0.2, -0.15) is 0 Å². The van der Waals surface area contributed by atoms with Crippen molar-refractivity contribution >= 4 is 0 Å². The van der Waals surface area contributed by atoms with Crippen LogP contribution in [0.5, 0.6) is 11.5 Å². The van der Waals surface area contributed by atoms with E-state index >= 15 is 0 Å². The predicted octanol–water partition coefficient (Wildman–Crippen LogP) is 4.37. The summed E-state index contributed by atoms with van der Waals surface area (Å²) in [6, 6.07) is 4.23. The summed E-state index contributed by atoms with van der Waals surface area (Å²) in [6.07, 6.45) is 0. The number of benzene rings is 1. The number of methoxy groups -OCH3 is 2. The van der Waals surface area contributed by atoms with E-state index in [4.69, 9.17) is 28.4 Å². The molecule has 0 amide bonds. The molecule has 174 valence electrons. The van der Waals surface area contributed by atoms with Gasteiger partial charge in [0.1, 0.15) is 18.1 Å². The van der Waals surface area contributed by atoms with Gasteiger partial charge >= 0.3 is 0 Å².